The molecular weight excluding hydrogens is 232 g/mol. The molecule has 0 heterocycles. The van der Waals surface area contributed by atoms with Crippen LogP contribution < -0.4 is 0 Å². The third kappa shape index (κ3) is 2.81. The summed E-state index contributed by atoms with van der Waals surface area (Å²) in [6, 6.07) is 16.2. The van der Waals surface area contributed by atoms with Crippen molar-refractivity contribution in [3.63, 3.8) is 0 Å². The fourth-order valence-electron chi connectivity index (χ4n) is 2.03. The summed E-state index contributed by atoms with van der Waals surface area (Å²) in [6.07, 6.45) is 0.740. The van der Waals surface area contributed by atoms with Crippen LogP contribution in [0.1, 0.15) is 33.4 Å². The van der Waals surface area contributed by atoms with Crippen LogP contribution in [0.2, 0.25) is 0 Å². The van der Waals surface area contributed by atoms with Gasteiger partial charge < -0.3 is 0 Å². The Morgan fingerprint density at radius 1 is 0.789 bits per heavy atom. The Kier molecular flexibility index (Phi) is 3.64. The molecule has 19 heavy (non-hydrogen) atoms. The van der Waals surface area contributed by atoms with Crippen molar-refractivity contribution in [2.45, 2.75) is 20.3 Å². The summed E-state index contributed by atoms with van der Waals surface area (Å²) < 4.78 is 0. The lowest BCUT2D eigenvalue weighted by Gasteiger charge is -2.06. The molecule has 2 aromatic rings. The van der Waals surface area contributed by atoms with Gasteiger partial charge in [0.25, 0.3) is 0 Å². The first-order valence-corrected chi connectivity index (χ1v) is 6.13. The van der Waals surface area contributed by atoms with Gasteiger partial charge in [-0.05, 0) is 54.7 Å². The highest BCUT2D eigenvalue weighted by molar-refractivity contribution is 5.44. The number of benzene rings is 2. The quantitative estimate of drug-likeness (QED) is 0.812. The predicted molar refractivity (Wildman–Crippen MR) is 74.6 cm³/mol. The average molecular weight is 246 g/mol. The van der Waals surface area contributed by atoms with E-state index in [2.05, 4.69) is 12.1 Å². The molecule has 0 radical (unpaired) electrons. The van der Waals surface area contributed by atoms with E-state index < -0.39 is 0 Å². The minimum absolute atomic E-state index is 0.713. The van der Waals surface area contributed by atoms with E-state index in [0.717, 1.165) is 28.7 Å². The monoisotopic (exact) mass is 246 g/mol. The molecule has 0 aliphatic heterocycles. The van der Waals surface area contributed by atoms with Crippen LogP contribution >= 0.6 is 0 Å². The van der Waals surface area contributed by atoms with Crippen LogP contribution in [0.5, 0.6) is 0 Å². The molecule has 2 aromatic carbocycles. The number of nitrogens with zero attached hydrogens (tertiary/aromatic N) is 2. The molecule has 0 fully saturated rings. The van der Waals surface area contributed by atoms with Crippen molar-refractivity contribution in [1.29, 1.82) is 10.5 Å². The molecule has 0 spiro atoms. The predicted octanol–water partition coefficient (Wildman–Crippen LogP) is 3.64. The van der Waals surface area contributed by atoms with Gasteiger partial charge in [0.2, 0.25) is 0 Å². The lowest BCUT2D eigenvalue weighted by atomic mass is 9.98. The van der Waals surface area contributed by atoms with E-state index >= 15 is 0 Å². The van der Waals surface area contributed by atoms with Gasteiger partial charge in [0.05, 0.1) is 23.3 Å². The van der Waals surface area contributed by atoms with Crippen LogP contribution in [0, 0.1) is 36.5 Å². The van der Waals surface area contributed by atoms with Gasteiger partial charge in [-0.15, -0.1) is 0 Å². The summed E-state index contributed by atoms with van der Waals surface area (Å²) in [4.78, 5) is 0. The number of nitriles is 2. The molecule has 0 aromatic heterocycles. The van der Waals surface area contributed by atoms with Crippen LogP contribution in [0.15, 0.2) is 36.4 Å². The Hall–Kier alpha value is -2.58. The Morgan fingerprint density at radius 2 is 1.21 bits per heavy atom. The SMILES string of the molecule is Cc1ccc(Cc2ccc(C)c(C#N)c2)cc1C#N. The van der Waals surface area contributed by atoms with Crippen molar-refractivity contribution in [3.05, 3.63) is 69.8 Å². The van der Waals surface area contributed by atoms with E-state index in [1.165, 1.54) is 0 Å². The molecule has 0 N–H and O–H groups in total. The number of hydrogen-bond acceptors (Lipinski definition) is 2. The van der Waals surface area contributed by atoms with Crippen LogP contribution in [0.4, 0.5) is 0 Å². The highest BCUT2D eigenvalue weighted by Crippen LogP contribution is 2.16. The first-order valence-electron chi connectivity index (χ1n) is 6.13. The molecule has 92 valence electrons. The molecule has 0 amide bonds. The normalized spacial score (nSPS) is 9.68. The zero-order chi connectivity index (χ0) is 13.8. The second-order valence-corrected chi connectivity index (χ2v) is 4.70. The standard InChI is InChI=1S/C17H14N2/c1-12-3-5-14(8-16(12)10-18)7-15-6-4-13(2)17(9-15)11-19/h3-6,8-9H,7H2,1-2H3. The minimum atomic E-state index is 0.713. The average Bonchev–Trinajstić information content (AvgIpc) is 2.43. The molecule has 2 nitrogen and oxygen atoms in total. The molecule has 0 unspecified atom stereocenters. The highest BCUT2D eigenvalue weighted by Gasteiger charge is 2.03. The molecule has 0 aliphatic rings. The Labute approximate surface area is 113 Å². The molecule has 2 heteroatoms. The topological polar surface area (TPSA) is 47.6 Å². The first kappa shape index (κ1) is 12.9. The van der Waals surface area contributed by atoms with Gasteiger partial charge in [-0.2, -0.15) is 10.5 Å². The maximum absolute atomic E-state index is 9.03. The molecule has 0 saturated heterocycles. The molecule has 0 aliphatic carbocycles. The fourth-order valence-corrected chi connectivity index (χ4v) is 2.03. The Morgan fingerprint density at radius 3 is 1.58 bits per heavy atom. The van der Waals surface area contributed by atoms with Crippen molar-refractivity contribution in [3.8, 4) is 12.1 Å². The minimum Gasteiger partial charge on any atom is -0.192 e. The van der Waals surface area contributed by atoms with Crippen LogP contribution in [-0.2, 0) is 6.42 Å². The van der Waals surface area contributed by atoms with E-state index in [0.29, 0.717) is 11.1 Å². The largest absolute Gasteiger partial charge is 0.192 e. The van der Waals surface area contributed by atoms with Crippen LogP contribution in [-0.4, -0.2) is 0 Å². The van der Waals surface area contributed by atoms with Gasteiger partial charge in [0.1, 0.15) is 0 Å². The van der Waals surface area contributed by atoms with Crippen molar-refractivity contribution in [2.24, 2.45) is 0 Å². The highest BCUT2D eigenvalue weighted by atomic mass is 14.2. The summed E-state index contributed by atoms with van der Waals surface area (Å²) in [5.41, 5.74) is 5.60. The van der Waals surface area contributed by atoms with Gasteiger partial charge in [-0.25, -0.2) is 0 Å². The smallest absolute Gasteiger partial charge is 0.0994 e. The fraction of sp³-hybridized carbons (Fsp3) is 0.176. The summed E-state index contributed by atoms with van der Waals surface area (Å²) >= 11 is 0. The van der Waals surface area contributed by atoms with E-state index in [9.17, 15) is 0 Å². The maximum Gasteiger partial charge on any atom is 0.0994 e. The van der Waals surface area contributed by atoms with Crippen LogP contribution in [0.3, 0.4) is 0 Å². The first-order chi connectivity index (χ1) is 9.13. The Balaban J connectivity index is 2.32. The third-order valence-electron chi connectivity index (χ3n) is 3.25. The maximum atomic E-state index is 9.03. The summed E-state index contributed by atoms with van der Waals surface area (Å²) in [7, 11) is 0. The number of aryl methyl sites for hydroxylation is 2. The van der Waals surface area contributed by atoms with Crippen molar-refractivity contribution in [2.75, 3.05) is 0 Å². The van der Waals surface area contributed by atoms with E-state index in [1.54, 1.807) is 0 Å². The van der Waals surface area contributed by atoms with Crippen LogP contribution in [0.25, 0.3) is 0 Å². The van der Waals surface area contributed by atoms with E-state index in [4.69, 9.17) is 10.5 Å². The Bertz CT molecular complexity index is 639. The number of rotatable bonds is 2. The number of hydrogen-bond donors (Lipinski definition) is 0. The van der Waals surface area contributed by atoms with Gasteiger partial charge in [-0.3, -0.25) is 0 Å². The summed E-state index contributed by atoms with van der Waals surface area (Å²) in [6.45, 7) is 3.87. The molecule has 0 atom stereocenters. The molecule has 2 rings (SSSR count). The van der Waals surface area contributed by atoms with Gasteiger partial charge in [0.15, 0.2) is 0 Å². The zero-order valence-corrected chi connectivity index (χ0v) is 11.1. The van der Waals surface area contributed by atoms with E-state index in [-0.39, 0.29) is 0 Å². The molecule has 0 bridgehead atoms. The van der Waals surface area contributed by atoms with E-state index in [1.807, 2.05) is 50.2 Å². The van der Waals surface area contributed by atoms with Gasteiger partial charge >= 0.3 is 0 Å². The third-order valence-corrected chi connectivity index (χ3v) is 3.25. The summed E-state index contributed by atoms with van der Waals surface area (Å²) in [5, 5.41) is 18.1. The molecule has 0 saturated carbocycles. The summed E-state index contributed by atoms with van der Waals surface area (Å²) in [5.74, 6) is 0. The second-order valence-electron chi connectivity index (χ2n) is 4.70. The van der Waals surface area contributed by atoms with Crippen molar-refractivity contribution >= 4 is 0 Å². The second kappa shape index (κ2) is 5.38. The zero-order valence-electron chi connectivity index (χ0n) is 11.1. The van der Waals surface area contributed by atoms with Gasteiger partial charge in [-0.1, -0.05) is 24.3 Å². The van der Waals surface area contributed by atoms with Gasteiger partial charge in [0, 0.05) is 0 Å². The lowest BCUT2D eigenvalue weighted by Crippen LogP contribution is -1.93. The lowest BCUT2D eigenvalue weighted by molar-refractivity contribution is 1.17. The van der Waals surface area contributed by atoms with Crippen molar-refractivity contribution in [1.82, 2.24) is 0 Å². The molecular formula is C17H14N2. The van der Waals surface area contributed by atoms with Crippen molar-refractivity contribution < 1.29 is 0 Å².